The van der Waals surface area contributed by atoms with Crippen LogP contribution < -0.4 is 5.32 Å². The third kappa shape index (κ3) is 4.87. The van der Waals surface area contributed by atoms with Crippen molar-refractivity contribution in [2.75, 3.05) is 0 Å². The molecule has 4 heteroatoms. The van der Waals surface area contributed by atoms with E-state index in [1.54, 1.807) is 12.1 Å². The maximum absolute atomic E-state index is 10.7. The molecule has 1 aromatic rings. The Morgan fingerprint density at radius 1 is 1.28 bits per heavy atom. The summed E-state index contributed by atoms with van der Waals surface area (Å²) in [5, 5.41) is 4.05. The second-order valence-electron chi connectivity index (χ2n) is 4.35. The molecule has 0 aromatic heterocycles. The van der Waals surface area contributed by atoms with Crippen molar-refractivity contribution in [3.63, 3.8) is 0 Å². The van der Waals surface area contributed by atoms with Crippen LogP contribution >= 0.6 is 23.2 Å². The van der Waals surface area contributed by atoms with Crippen LogP contribution in [0.25, 0.3) is 0 Å². The summed E-state index contributed by atoms with van der Waals surface area (Å²) in [4.78, 5) is 10.7. The van der Waals surface area contributed by atoms with E-state index in [0.29, 0.717) is 10.0 Å². The number of hydrogen-bond acceptors (Lipinski definition) is 1. The number of benzene rings is 1. The highest BCUT2D eigenvalue weighted by Crippen LogP contribution is 2.29. The standard InChI is InChI=1S/C14H19Cl2NO/c1-2-3-4-5-6-14(17-10-18)12-8-7-11(15)9-13(12)16/h7-10,14H,2-6H2,1H3,(H,17,18). The Morgan fingerprint density at radius 3 is 2.67 bits per heavy atom. The van der Waals surface area contributed by atoms with E-state index >= 15 is 0 Å². The maximum Gasteiger partial charge on any atom is 0.207 e. The Labute approximate surface area is 119 Å². The van der Waals surface area contributed by atoms with Crippen molar-refractivity contribution in [1.29, 1.82) is 0 Å². The molecule has 0 heterocycles. The molecule has 0 bridgehead atoms. The van der Waals surface area contributed by atoms with E-state index in [-0.39, 0.29) is 6.04 Å². The lowest BCUT2D eigenvalue weighted by Gasteiger charge is -2.18. The average Bonchev–Trinajstić information content (AvgIpc) is 2.34. The normalized spacial score (nSPS) is 12.2. The lowest BCUT2D eigenvalue weighted by atomic mass is 10.00. The molecule has 2 nitrogen and oxygen atoms in total. The molecule has 1 atom stereocenters. The van der Waals surface area contributed by atoms with Gasteiger partial charge in [0.15, 0.2) is 0 Å². The Bertz CT molecular complexity index is 382. The van der Waals surface area contributed by atoms with Gasteiger partial charge < -0.3 is 5.32 Å². The van der Waals surface area contributed by atoms with Crippen molar-refractivity contribution in [2.45, 2.75) is 45.1 Å². The van der Waals surface area contributed by atoms with Crippen molar-refractivity contribution in [3.8, 4) is 0 Å². The quantitative estimate of drug-likeness (QED) is 0.542. The molecule has 1 unspecified atom stereocenters. The molecule has 0 radical (unpaired) electrons. The van der Waals surface area contributed by atoms with E-state index in [1.165, 1.54) is 19.3 Å². The second-order valence-corrected chi connectivity index (χ2v) is 5.20. The van der Waals surface area contributed by atoms with E-state index < -0.39 is 0 Å². The molecule has 0 aliphatic carbocycles. The van der Waals surface area contributed by atoms with Crippen LogP contribution in [0.3, 0.4) is 0 Å². The summed E-state index contributed by atoms with van der Waals surface area (Å²) in [6, 6.07) is 5.37. The first-order valence-electron chi connectivity index (χ1n) is 6.33. The van der Waals surface area contributed by atoms with Gasteiger partial charge in [-0.2, -0.15) is 0 Å². The minimum Gasteiger partial charge on any atom is -0.352 e. The molecular weight excluding hydrogens is 269 g/mol. The minimum atomic E-state index is -0.0240. The van der Waals surface area contributed by atoms with Gasteiger partial charge in [0.05, 0.1) is 6.04 Å². The number of rotatable bonds is 8. The summed E-state index contributed by atoms with van der Waals surface area (Å²) < 4.78 is 0. The Kier molecular flexibility index (Phi) is 7.14. The highest BCUT2D eigenvalue weighted by molar-refractivity contribution is 6.35. The van der Waals surface area contributed by atoms with Crippen LogP contribution in [0, 0.1) is 0 Å². The SMILES string of the molecule is CCCCCCC(NC=O)c1ccc(Cl)cc1Cl. The summed E-state index contributed by atoms with van der Waals surface area (Å²) >= 11 is 12.0. The molecule has 0 fully saturated rings. The largest absolute Gasteiger partial charge is 0.352 e. The van der Waals surface area contributed by atoms with E-state index in [2.05, 4.69) is 12.2 Å². The minimum absolute atomic E-state index is 0.0240. The van der Waals surface area contributed by atoms with Gasteiger partial charge in [-0.05, 0) is 24.1 Å². The van der Waals surface area contributed by atoms with Gasteiger partial charge in [0.2, 0.25) is 6.41 Å². The Hall–Kier alpha value is -0.730. The fourth-order valence-electron chi connectivity index (χ4n) is 1.97. The van der Waals surface area contributed by atoms with Gasteiger partial charge in [-0.1, -0.05) is 61.9 Å². The van der Waals surface area contributed by atoms with Gasteiger partial charge in [0, 0.05) is 10.0 Å². The molecule has 1 N–H and O–H groups in total. The number of carbonyl (C=O) groups excluding carboxylic acids is 1. The summed E-state index contributed by atoms with van der Waals surface area (Å²) in [5.41, 5.74) is 0.935. The number of unbranched alkanes of at least 4 members (excludes halogenated alkanes) is 3. The van der Waals surface area contributed by atoms with Crippen molar-refractivity contribution < 1.29 is 4.79 Å². The van der Waals surface area contributed by atoms with Crippen LogP contribution in [0.1, 0.15) is 50.6 Å². The number of hydrogen-bond donors (Lipinski definition) is 1. The molecule has 18 heavy (non-hydrogen) atoms. The van der Waals surface area contributed by atoms with E-state index in [1.807, 2.05) is 6.07 Å². The summed E-state index contributed by atoms with van der Waals surface area (Å²) in [6.45, 7) is 2.18. The second kappa shape index (κ2) is 8.39. The smallest absolute Gasteiger partial charge is 0.207 e. The average molecular weight is 288 g/mol. The van der Waals surface area contributed by atoms with Crippen LogP contribution in [0.5, 0.6) is 0 Å². The molecule has 100 valence electrons. The van der Waals surface area contributed by atoms with Gasteiger partial charge >= 0.3 is 0 Å². The lowest BCUT2D eigenvalue weighted by Crippen LogP contribution is -2.19. The summed E-state index contributed by atoms with van der Waals surface area (Å²) in [7, 11) is 0. The van der Waals surface area contributed by atoms with Crippen LogP contribution in [0.2, 0.25) is 10.0 Å². The molecule has 1 amide bonds. The highest BCUT2D eigenvalue weighted by Gasteiger charge is 2.13. The first-order chi connectivity index (χ1) is 8.69. The Balaban J connectivity index is 2.67. The zero-order valence-electron chi connectivity index (χ0n) is 10.6. The summed E-state index contributed by atoms with van der Waals surface area (Å²) in [6.07, 6.45) is 6.32. The predicted molar refractivity (Wildman–Crippen MR) is 77.2 cm³/mol. The molecule has 0 aliphatic rings. The number of amides is 1. The van der Waals surface area contributed by atoms with Gasteiger partial charge in [-0.3, -0.25) is 4.79 Å². The molecule has 0 saturated heterocycles. The van der Waals surface area contributed by atoms with Crippen LogP contribution in [-0.4, -0.2) is 6.41 Å². The number of nitrogens with one attached hydrogen (secondary N) is 1. The zero-order valence-corrected chi connectivity index (χ0v) is 12.1. The van der Waals surface area contributed by atoms with Gasteiger partial charge in [0.25, 0.3) is 0 Å². The fourth-order valence-corrected chi connectivity index (χ4v) is 2.51. The first kappa shape index (κ1) is 15.3. The fraction of sp³-hybridized carbons (Fsp3) is 0.500. The molecule has 0 aliphatic heterocycles. The first-order valence-corrected chi connectivity index (χ1v) is 7.09. The van der Waals surface area contributed by atoms with E-state index in [0.717, 1.165) is 24.8 Å². The predicted octanol–water partition coefficient (Wildman–Crippen LogP) is 4.75. The molecule has 0 spiro atoms. The number of halogens is 2. The molecule has 0 saturated carbocycles. The molecule has 1 aromatic carbocycles. The lowest BCUT2D eigenvalue weighted by molar-refractivity contribution is -0.110. The Morgan fingerprint density at radius 2 is 2.06 bits per heavy atom. The zero-order chi connectivity index (χ0) is 13.4. The van der Waals surface area contributed by atoms with Crippen molar-refractivity contribution in [3.05, 3.63) is 33.8 Å². The van der Waals surface area contributed by atoms with Crippen LogP contribution in [-0.2, 0) is 4.79 Å². The van der Waals surface area contributed by atoms with Gasteiger partial charge in [-0.25, -0.2) is 0 Å². The monoisotopic (exact) mass is 287 g/mol. The van der Waals surface area contributed by atoms with Gasteiger partial charge in [0.1, 0.15) is 0 Å². The van der Waals surface area contributed by atoms with E-state index in [4.69, 9.17) is 23.2 Å². The van der Waals surface area contributed by atoms with E-state index in [9.17, 15) is 4.79 Å². The molecular formula is C14H19Cl2NO. The number of carbonyl (C=O) groups is 1. The van der Waals surface area contributed by atoms with Gasteiger partial charge in [-0.15, -0.1) is 0 Å². The van der Waals surface area contributed by atoms with Crippen molar-refractivity contribution >= 4 is 29.6 Å². The molecule has 1 rings (SSSR count). The van der Waals surface area contributed by atoms with Crippen LogP contribution in [0.15, 0.2) is 18.2 Å². The van der Waals surface area contributed by atoms with Crippen molar-refractivity contribution in [2.24, 2.45) is 0 Å². The topological polar surface area (TPSA) is 29.1 Å². The summed E-state index contributed by atoms with van der Waals surface area (Å²) in [5.74, 6) is 0. The third-order valence-electron chi connectivity index (χ3n) is 2.95. The maximum atomic E-state index is 10.7. The third-order valence-corrected chi connectivity index (χ3v) is 3.52. The van der Waals surface area contributed by atoms with Crippen LogP contribution in [0.4, 0.5) is 0 Å². The van der Waals surface area contributed by atoms with Crippen molar-refractivity contribution in [1.82, 2.24) is 5.32 Å². The highest BCUT2D eigenvalue weighted by atomic mass is 35.5.